The molecule has 1 atom stereocenters. The predicted molar refractivity (Wildman–Crippen MR) is 88.6 cm³/mol. The van der Waals surface area contributed by atoms with Crippen LogP contribution in [0.4, 0.5) is 0 Å². The van der Waals surface area contributed by atoms with Gasteiger partial charge in [0.2, 0.25) is 0 Å². The molecule has 0 radical (unpaired) electrons. The quantitative estimate of drug-likeness (QED) is 0.361. The second-order valence-electron chi connectivity index (χ2n) is 5.75. The third-order valence-electron chi connectivity index (χ3n) is 3.79. The van der Waals surface area contributed by atoms with Crippen molar-refractivity contribution >= 4 is 27.9 Å². The average Bonchev–Trinajstić information content (AvgIpc) is 2.47. The monoisotopic (exact) mass is 284 g/mol. The molecule has 2 heteroatoms. The van der Waals surface area contributed by atoms with Crippen LogP contribution in [-0.2, 0) is 0 Å². The molecule has 1 aromatic carbocycles. The molecule has 0 saturated carbocycles. The fourth-order valence-corrected chi connectivity index (χ4v) is 3.25. The van der Waals surface area contributed by atoms with Gasteiger partial charge in [0.1, 0.15) is 0 Å². The number of para-hydroxylation sites is 1. The van der Waals surface area contributed by atoms with Gasteiger partial charge in [-0.1, -0.05) is 0 Å². The van der Waals surface area contributed by atoms with Crippen LogP contribution in [0, 0.1) is 0 Å². The molecule has 0 aliphatic carbocycles. The molecule has 0 aliphatic rings. The van der Waals surface area contributed by atoms with Crippen LogP contribution >= 0.6 is 0 Å². The van der Waals surface area contributed by atoms with Crippen LogP contribution in [0.25, 0.3) is 0 Å². The van der Waals surface area contributed by atoms with Gasteiger partial charge < -0.3 is 0 Å². The summed E-state index contributed by atoms with van der Waals surface area (Å²) in [5, 5.41) is 0. The van der Waals surface area contributed by atoms with Crippen molar-refractivity contribution in [2.45, 2.75) is 74.5 Å². The standard InChI is InChI=1S/C18H29O.Na/c1-3-5-6-7-8-9-11-14-17(4-2)19-18-15-12-10-13-16-18;/h10,12-13,15-17H,2-9,11,14H2,1H3;. The Balaban J connectivity index is 2.15. The third-order valence-corrected chi connectivity index (χ3v) is 4.36. The molecule has 1 rings (SSSR count). The van der Waals surface area contributed by atoms with E-state index in [1.807, 2.05) is 6.07 Å². The topological polar surface area (TPSA) is 9.23 Å². The number of hydrogen-bond donors (Lipinski definition) is 0. The maximum atomic E-state index is 6.12. The van der Waals surface area contributed by atoms with Gasteiger partial charge in [-0.05, 0) is 0 Å². The Labute approximate surface area is 142 Å². The van der Waals surface area contributed by atoms with Gasteiger partial charge in [-0.3, -0.25) is 0 Å². The Morgan fingerprint density at radius 1 is 0.900 bits per heavy atom. The summed E-state index contributed by atoms with van der Waals surface area (Å²) in [4.78, 5) is 0. The van der Waals surface area contributed by atoms with E-state index in [0.717, 1.165) is 5.75 Å². The van der Waals surface area contributed by atoms with Crippen LogP contribution in [0.3, 0.4) is 0 Å². The van der Waals surface area contributed by atoms with Crippen molar-refractivity contribution in [1.82, 2.24) is 0 Å². The Morgan fingerprint density at radius 2 is 1.55 bits per heavy atom. The fraction of sp³-hybridized carbons (Fsp3) is 0.667. The van der Waals surface area contributed by atoms with E-state index in [2.05, 4.69) is 31.2 Å². The SMILES string of the molecule is CCCCCCCCCC(C[CH2][Na])Oc1ccccc1. The summed E-state index contributed by atoms with van der Waals surface area (Å²) in [6.07, 6.45) is 12.6. The van der Waals surface area contributed by atoms with Crippen molar-refractivity contribution in [3.63, 3.8) is 0 Å². The van der Waals surface area contributed by atoms with Crippen LogP contribution in [0.1, 0.15) is 64.7 Å². The first-order valence-electron chi connectivity index (χ1n) is 8.58. The zero-order valence-corrected chi connectivity index (χ0v) is 15.4. The predicted octanol–water partition coefficient (Wildman–Crippen LogP) is 5.55. The molecule has 1 nitrogen and oxygen atoms in total. The molecule has 1 aromatic rings. The number of ether oxygens (including phenoxy) is 1. The van der Waals surface area contributed by atoms with Gasteiger partial charge in [-0.15, -0.1) is 0 Å². The molecule has 1 unspecified atom stereocenters. The Bertz CT molecular complexity index is 312. The van der Waals surface area contributed by atoms with Crippen molar-refractivity contribution in [3.05, 3.63) is 30.3 Å². The summed E-state index contributed by atoms with van der Waals surface area (Å²) in [7, 11) is 0. The number of hydrogen-bond acceptors (Lipinski definition) is 1. The summed E-state index contributed by atoms with van der Waals surface area (Å²) in [6, 6.07) is 10.3. The minimum atomic E-state index is 0.436. The Hall–Kier alpha value is 0.0200. The van der Waals surface area contributed by atoms with Gasteiger partial charge in [0.25, 0.3) is 0 Å². The number of unbranched alkanes of at least 4 members (excludes halogenated alkanes) is 6. The molecular weight excluding hydrogens is 255 g/mol. The fourth-order valence-electron chi connectivity index (χ4n) is 2.60. The number of benzene rings is 1. The van der Waals surface area contributed by atoms with Gasteiger partial charge in [0.05, 0.1) is 0 Å². The van der Waals surface area contributed by atoms with Crippen molar-refractivity contribution in [2.75, 3.05) is 0 Å². The minimum absolute atomic E-state index is 0.436. The summed E-state index contributed by atoms with van der Waals surface area (Å²) in [5.74, 6) is 1.04. The summed E-state index contributed by atoms with van der Waals surface area (Å²) >= 11 is 1.28. The molecule has 0 saturated heterocycles. The average molecular weight is 284 g/mol. The number of rotatable bonds is 12. The van der Waals surface area contributed by atoms with Gasteiger partial charge in [0.15, 0.2) is 0 Å². The second-order valence-corrected chi connectivity index (χ2v) is 6.75. The van der Waals surface area contributed by atoms with Crippen LogP contribution in [0.5, 0.6) is 5.75 Å². The van der Waals surface area contributed by atoms with Crippen LogP contribution in [0.15, 0.2) is 30.3 Å². The van der Waals surface area contributed by atoms with Crippen molar-refractivity contribution in [1.29, 1.82) is 0 Å². The van der Waals surface area contributed by atoms with Crippen molar-refractivity contribution in [2.24, 2.45) is 0 Å². The normalized spacial score (nSPS) is 12.3. The van der Waals surface area contributed by atoms with E-state index in [1.54, 1.807) is 0 Å². The molecule has 0 aliphatic heterocycles. The molecule has 108 valence electrons. The summed E-state index contributed by atoms with van der Waals surface area (Å²) in [5.41, 5.74) is 0. The molecule has 0 fully saturated rings. The molecule has 0 amide bonds. The van der Waals surface area contributed by atoms with Crippen LogP contribution in [0.2, 0.25) is 3.67 Å². The van der Waals surface area contributed by atoms with Gasteiger partial charge in [0, 0.05) is 0 Å². The molecule has 20 heavy (non-hydrogen) atoms. The molecule has 0 N–H and O–H groups in total. The molecule has 0 heterocycles. The van der Waals surface area contributed by atoms with Crippen LogP contribution < -0.4 is 4.74 Å². The summed E-state index contributed by atoms with van der Waals surface area (Å²) in [6.45, 7) is 2.28. The van der Waals surface area contributed by atoms with E-state index in [9.17, 15) is 0 Å². The Morgan fingerprint density at radius 3 is 2.20 bits per heavy atom. The maximum absolute atomic E-state index is 6.12. The van der Waals surface area contributed by atoms with E-state index in [4.69, 9.17) is 4.74 Å². The molecule has 0 spiro atoms. The molecular formula is C18H29NaO. The first kappa shape index (κ1) is 18.1. The second kappa shape index (κ2) is 12.7. The molecule has 0 aromatic heterocycles. The summed E-state index contributed by atoms with van der Waals surface area (Å²) < 4.78 is 7.46. The van der Waals surface area contributed by atoms with E-state index < -0.39 is 0 Å². The zero-order valence-electron chi connectivity index (χ0n) is 13.4. The zero-order chi connectivity index (χ0) is 14.5. The first-order valence-corrected chi connectivity index (χ1v) is 10.00. The van der Waals surface area contributed by atoms with E-state index in [-0.39, 0.29) is 0 Å². The van der Waals surface area contributed by atoms with E-state index >= 15 is 0 Å². The van der Waals surface area contributed by atoms with Crippen molar-refractivity contribution in [3.8, 4) is 5.75 Å². The van der Waals surface area contributed by atoms with Gasteiger partial charge >= 0.3 is 143 Å². The Kier molecular flexibility index (Phi) is 11.5. The van der Waals surface area contributed by atoms with E-state index in [0.29, 0.717) is 6.10 Å². The van der Waals surface area contributed by atoms with Gasteiger partial charge in [-0.25, -0.2) is 0 Å². The van der Waals surface area contributed by atoms with Gasteiger partial charge in [-0.2, -0.15) is 0 Å². The first-order chi connectivity index (χ1) is 9.86. The van der Waals surface area contributed by atoms with Crippen molar-refractivity contribution < 1.29 is 4.74 Å². The van der Waals surface area contributed by atoms with E-state index in [1.165, 1.54) is 89.4 Å². The third kappa shape index (κ3) is 9.05. The van der Waals surface area contributed by atoms with Crippen LogP contribution in [-0.4, -0.2) is 34.0 Å². The molecule has 0 bridgehead atoms.